The molecule has 0 aliphatic carbocycles. The number of aryl methyl sites for hydroxylation is 1. The third-order valence-electron chi connectivity index (χ3n) is 2.34. The second-order valence-corrected chi connectivity index (χ2v) is 3.88. The molecule has 0 saturated carbocycles. The normalized spacial score (nSPS) is 11.4. The number of aromatic nitrogens is 2. The van der Waals surface area contributed by atoms with Crippen molar-refractivity contribution in [3.05, 3.63) is 42.2 Å². The van der Waals surface area contributed by atoms with Crippen LogP contribution in [-0.4, -0.2) is 16.1 Å². The average Bonchev–Trinajstić information content (AvgIpc) is 2.72. The van der Waals surface area contributed by atoms with Crippen molar-refractivity contribution in [2.45, 2.75) is 12.9 Å². The van der Waals surface area contributed by atoms with Gasteiger partial charge in [-0.3, -0.25) is 4.68 Å². The van der Waals surface area contributed by atoms with E-state index in [-0.39, 0.29) is 11.4 Å². The van der Waals surface area contributed by atoms with Gasteiger partial charge < -0.3 is 10.1 Å². The number of benzene rings is 1. The summed E-state index contributed by atoms with van der Waals surface area (Å²) in [6, 6.07) is 7.66. The Bertz CT molecular complexity index is 551. The minimum absolute atomic E-state index is 0.258. The molecule has 2 aromatic rings. The molecule has 0 unspecified atom stereocenters. The molecule has 102 valence electrons. The second kappa shape index (κ2) is 5.21. The van der Waals surface area contributed by atoms with Crippen molar-refractivity contribution in [2.24, 2.45) is 7.05 Å². The predicted molar refractivity (Wildman–Crippen MR) is 63.7 cm³/mol. The van der Waals surface area contributed by atoms with Crippen molar-refractivity contribution in [3.63, 3.8) is 0 Å². The molecule has 1 aromatic heterocycles. The van der Waals surface area contributed by atoms with E-state index in [1.54, 1.807) is 30.1 Å². The monoisotopic (exact) mass is 271 g/mol. The van der Waals surface area contributed by atoms with Gasteiger partial charge in [-0.05, 0) is 18.2 Å². The fourth-order valence-corrected chi connectivity index (χ4v) is 1.57. The molecule has 1 aromatic carbocycles. The first-order valence-corrected chi connectivity index (χ1v) is 5.51. The molecule has 4 nitrogen and oxygen atoms in total. The molecule has 0 aliphatic rings. The minimum atomic E-state index is -4.71. The summed E-state index contributed by atoms with van der Waals surface area (Å²) < 4.78 is 42.2. The Hall–Kier alpha value is -2.18. The minimum Gasteiger partial charge on any atom is -0.404 e. The molecule has 0 atom stereocenters. The molecular formula is C12H12F3N3O. The van der Waals surface area contributed by atoms with Gasteiger partial charge in [0, 0.05) is 13.2 Å². The molecule has 2 rings (SSSR count). The zero-order valence-corrected chi connectivity index (χ0v) is 10.1. The molecule has 0 amide bonds. The first-order chi connectivity index (χ1) is 8.94. The third kappa shape index (κ3) is 3.90. The van der Waals surface area contributed by atoms with Gasteiger partial charge in [0.05, 0.1) is 17.9 Å². The van der Waals surface area contributed by atoms with Gasteiger partial charge in [-0.1, -0.05) is 12.1 Å². The molecule has 19 heavy (non-hydrogen) atoms. The van der Waals surface area contributed by atoms with Crippen LogP contribution in [0, 0.1) is 0 Å². The molecule has 1 heterocycles. The first-order valence-electron chi connectivity index (χ1n) is 5.51. The van der Waals surface area contributed by atoms with E-state index in [0.717, 1.165) is 5.69 Å². The zero-order chi connectivity index (χ0) is 13.9. The fourth-order valence-electron chi connectivity index (χ4n) is 1.57. The van der Waals surface area contributed by atoms with Crippen molar-refractivity contribution in [2.75, 3.05) is 5.32 Å². The van der Waals surface area contributed by atoms with Crippen molar-refractivity contribution in [1.82, 2.24) is 9.78 Å². The van der Waals surface area contributed by atoms with Gasteiger partial charge in [0.1, 0.15) is 0 Å². The van der Waals surface area contributed by atoms with Crippen LogP contribution in [0.4, 0.5) is 18.9 Å². The Morgan fingerprint density at radius 2 is 2.00 bits per heavy atom. The Morgan fingerprint density at radius 1 is 1.26 bits per heavy atom. The number of para-hydroxylation sites is 2. The zero-order valence-electron chi connectivity index (χ0n) is 10.1. The van der Waals surface area contributed by atoms with Gasteiger partial charge in [0.2, 0.25) is 0 Å². The lowest BCUT2D eigenvalue weighted by molar-refractivity contribution is -0.274. The fraction of sp³-hybridized carbons (Fsp3) is 0.250. The summed E-state index contributed by atoms with van der Waals surface area (Å²) in [6.45, 7) is 0.319. The number of hydrogen-bond donors (Lipinski definition) is 1. The van der Waals surface area contributed by atoms with Crippen LogP contribution in [0.15, 0.2) is 36.5 Å². The molecule has 7 heteroatoms. The van der Waals surface area contributed by atoms with Crippen LogP contribution in [0.5, 0.6) is 5.75 Å². The maximum absolute atomic E-state index is 12.2. The maximum atomic E-state index is 12.2. The lowest BCUT2D eigenvalue weighted by atomic mass is 10.3. The largest absolute Gasteiger partial charge is 0.573 e. The van der Waals surface area contributed by atoms with Gasteiger partial charge in [-0.25, -0.2) is 0 Å². The summed E-state index contributed by atoms with van der Waals surface area (Å²) in [5.74, 6) is -0.258. The van der Waals surface area contributed by atoms with Gasteiger partial charge in [-0.2, -0.15) is 5.10 Å². The number of nitrogens with zero attached hydrogens (tertiary/aromatic N) is 2. The number of rotatable bonds is 4. The Morgan fingerprint density at radius 3 is 2.63 bits per heavy atom. The number of hydrogen-bond acceptors (Lipinski definition) is 3. The van der Waals surface area contributed by atoms with Crippen LogP contribution >= 0.6 is 0 Å². The number of ether oxygens (including phenoxy) is 1. The number of alkyl halides is 3. The second-order valence-electron chi connectivity index (χ2n) is 3.88. The molecule has 0 spiro atoms. The van der Waals surface area contributed by atoms with Crippen LogP contribution in [0.2, 0.25) is 0 Å². The first kappa shape index (κ1) is 13.3. The quantitative estimate of drug-likeness (QED) is 0.929. The van der Waals surface area contributed by atoms with Crippen molar-refractivity contribution >= 4 is 5.69 Å². The topological polar surface area (TPSA) is 39.1 Å². The van der Waals surface area contributed by atoms with Crippen molar-refractivity contribution < 1.29 is 17.9 Å². The van der Waals surface area contributed by atoms with Crippen molar-refractivity contribution in [3.8, 4) is 5.75 Å². The lowest BCUT2D eigenvalue weighted by Crippen LogP contribution is -2.18. The smallest absolute Gasteiger partial charge is 0.404 e. The molecule has 0 saturated heterocycles. The number of nitrogens with one attached hydrogen (secondary N) is 1. The SMILES string of the molecule is Cn1ccc(CNc2ccccc2OC(F)(F)F)n1. The molecule has 0 radical (unpaired) electrons. The maximum Gasteiger partial charge on any atom is 0.573 e. The molecule has 0 aliphatic heterocycles. The molecule has 0 fully saturated rings. The van der Waals surface area contributed by atoms with E-state index in [0.29, 0.717) is 6.54 Å². The Balaban J connectivity index is 2.07. The lowest BCUT2D eigenvalue weighted by Gasteiger charge is -2.13. The van der Waals surface area contributed by atoms with Gasteiger partial charge >= 0.3 is 6.36 Å². The van der Waals surface area contributed by atoms with Gasteiger partial charge in [0.15, 0.2) is 5.75 Å². The van der Waals surface area contributed by atoms with Gasteiger partial charge in [-0.15, -0.1) is 13.2 Å². The summed E-state index contributed by atoms with van der Waals surface area (Å²) in [4.78, 5) is 0. The van der Waals surface area contributed by atoms with Crippen LogP contribution in [0.25, 0.3) is 0 Å². The summed E-state index contributed by atoms with van der Waals surface area (Å²) in [5.41, 5.74) is 0.995. The van der Waals surface area contributed by atoms with Crippen LogP contribution in [0.3, 0.4) is 0 Å². The van der Waals surface area contributed by atoms with E-state index in [4.69, 9.17) is 0 Å². The highest BCUT2D eigenvalue weighted by Crippen LogP contribution is 2.30. The molecule has 0 bridgehead atoms. The van der Waals surface area contributed by atoms with Crippen molar-refractivity contribution in [1.29, 1.82) is 0 Å². The van der Waals surface area contributed by atoms with Crippen LogP contribution in [-0.2, 0) is 13.6 Å². The predicted octanol–water partition coefficient (Wildman–Crippen LogP) is 2.93. The Kier molecular flexibility index (Phi) is 3.64. The summed E-state index contributed by atoms with van der Waals surface area (Å²) >= 11 is 0. The van der Waals surface area contributed by atoms with Crippen LogP contribution in [0.1, 0.15) is 5.69 Å². The van der Waals surface area contributed by atoms with E-state index in [9.17, 15) is 13.2 Å². The number of anilines is 1. The highest BCUT2D eigenvalue weighted by Gasteiger charge is 2.32. The highest BCUT2D eigenvalue weighted by molar-refractivity contribution is 5.56. The summed E-state index contributed by atoms with van der Waals surface area (Å²) in [5, 5.41) is 6.99. The molecular weight excluding hydrogens is 259 g/mol. The van der Waals surface area contributed by atoms with Gasteiger partial charge in [0.25, 0.3) is 0 Å². The average molecular weight is 271 g/mol. The summed E-state index contributed by atoms with van der Waals surface area (Å²) in [6.07, 6.45) is -2.95. The standard InChI is InChI=1S/C12H12F3N3O/c1-18-7-6-9(17-18)8-16-10-4-2-3-5-11(10)19-12(13,14)15/h2-7,16H,8H2,1H3. The third-order valence-corrected chi connectivity index (χ3v) is 2.34. The van der Waals surface area contributed by atoms with E-state index in [1.807, 2.05) is 0 Å². The highest BCUT2D eigenvalue weighted by atomic mass is 19.4. The van der Waals surface area contributed by atoms with Crippen LogP contribution < -0.4 is 10.1 Å². The number of halogens is 3. The molecule has 1 N–H and O–H groups in total. The summed E-state index contributed by atoms with van der Waals surface area (Å²) in [7, 11) is 1.77. The van der Waals surface area contributed by atoms with E-state index < -0.39 is 6.36 Å². The Labute approximate surface area is 107 Å². The van der Waals surface area contributed by atoms with E-state index in [2.05, 4.69) is 15.2 Å². The van der Waals surface area contributed by atoms with E-state index >= 15 is 0 Å². The van der Waals surface area contributed by atoms with E-state index in [1.165, 1.54) is 18.2 Å².